The minimum Gasteiger partial charge on any atom is -0.354 e. The van der Waals surface area contributed by atoms with Gasteiger partial charge < -0.3 is 4.90 Å². The molecule has 106 valence electrons. The van der Waals surface area contributed by atoms with Crippen LogP contribution in [-0.2, 0) is 6.54 Å². The first-order valence-electron chi connectivity index (χ1n) is 6.65. The van der Waals surface area contributed by atoms with Crippen molar-refractivity contribution < 1.29 is 0 Å². The zero-order valence-corrected chi connectivity index (χ0v) is 12.0. The van der Waals surface area contributed by atoms with Crippen LogP contribution in [0.1, 0.15) is 4.88 Å². The van der Waals surface area contributed by atoms with Crippen LogP contribution < -0.4 is 16.2 Å². The molecule has 6 nitrogen and oxygen atoms in total. The number of aromatic nitrogens is 2. The summed E-state index contributed by atoms with van der Waals surface area (Å²) in [6.07, 6.45) is 3.74. The number of anilines is 2. The molecule has 1 aliphatic heterocycles. The maximum absolute atomic E-state index is 5.35. The van der Waals surface area contributed by atoms with E-state index in [1.54, 1.807) is 11.3 Å². The summed E-state index contributed by atoms with van der Waals surface area (Å²) >= 11 is 1.61. The summed E-state index contributed by atoms with van der Waals surface area (Å²) < 4.78 is 0. The first-order chi connectivity index (χ1) is 9.85. The normalized spacial score (nSPS) is 16.4. The summed E-state index contributed by atoms with van der Waals surface area (Å²) in [5.74, 6) is 6.42. The summed E-state index contributed by atoms with van der Waals surface area (Å²) in [5, 5.41) is 0.770. The van der Waals surface area contributed by atoms with Gasteiger partial charge in [0.05, 0.1) is 0 Å². The van der Waals surface area contributed by atoms with Crippen LogP contribution in [0.4, 0.5) is 10.9 Å². The molecule has 7 heteroatoms. The SMILES string of the molecule is NNc1ncc(CN2CCN(c3ccccn3)CC2)s1. The van der Waals surface area contributed by atoms with Crippen molar-refractivity contribution in [2.45, 2.75) is 6.54 Å². The highest BCUT2D eigenvalue weighted by atomic mass is 32.1. The smallest absolute Gasteiger partial charge is 0.197 e. The Labute approximate surface area is 122 Å². The summed E-state index contributed by atoms with van der Waals surface area (Å²) in [5.41, 5.74) is 2.59. The van der Waals surface area contributed by atoms with Gasteiger partial charge in [-0.15, -0.1) is 0 Å². The fourth-order valence-corrected chi connectivity index (χ4v) is 3.11. The van der Waals surface area contributed by atoms with Crippen LogP contribution in [0, 0.1) is 0 Å². The lowest BCUT2D eigenvalue weighted by Crippen LogP contribution is -2.46. The van der Waals surface area contributed by atoms with Crippen LogP contribution in [0.15, 0.2) is 30.6 Å². The number of thiazole rings is 1. The highest BCUT2D eigenvalue weighted by Gasteiger charge is 2.18. The molecule has 1 aliphatic rings. The Morgan fingerprint density at radius 2 is 2.05 bits per heavy atom. The van der Waals surface area contributed by atoms with Gasteiger partial charge in [0, 0.05) is 50.0 Å². The lowest BCUT2D eigenvalue weighted by Gasteiger charge is -2.35. The molecule has 20 heavy (non-hydrogen) atoms. The Morgan fingerprint density at radius 1 is 1.20 bits per heavy atom. The molecule has 3 rings (SSSR count). The van der Waals surface area contributed by atoms with Gasteiger partial charge in [-0.3, -0.25) is 10.3 Å². The largest absolute Gasteiger partial charge is 0.354 e. The minimum atomic E-state index is 0.770. The van der Waals surface area contributed by atoms with Gasteiger partial charge in [-0.05, 0) is 12.1 Å². The first-order valence-corrected chi connectivity index (χ1v) is 7.46. The highest BCUT2D eigenvalue weighted by molar-refractivity contribution is 7.15. The number of nitrogen functional groups attached to an aromatic ring is 1. The van der Waals surface area contributed by atoms with Crippen LogP contribution in [0.25, 0.3) is 0 Å². The Hall–Kier alpha value is -1.70. The van der Waals surface area contributed by atoms with Gasteiger partial charge in [-0.25, -0.2) is 15.8 Å². The van der Waals surface area contributed by atoms with Gasteiger partial charge in [-0.1, -0.05) is 17.4 Å². The van der Waals surface area contributed by atoms with Gasteiger partial charge in [0.15, 0.2) is 5.13 Å². The van der Waals surface area contributed by atoms with Crippen molar-refractivity contribution in [3.05, 3.63) is 35.5 Å². The Balaban J connectivity index is 1.53. The van der Waals surface area contributed by atoms with E-state index in [1.807, 2.05) is 24.5 Å². The van der Waals surface area contributed by atoms with E-state index in [2.05, 4.69) is 31.3 Å². The maximum atomic E-state index is 5.35. The molecule has 1 fully saturated rings. The molecule has 3 N–H and O–H groups in total. The number of piperazine rings is 1. The van der Waals surface area contributed by atoms with Crippen molar-refractivity contribution in [1.82, 2.24) is 14.9 Å². The van der Waals surface area contributed by atoms with Crippen molar-refractivity contribution in [1.29, 1.82) is 0 Å². The lowest BCUT2D eigenvalue weighted by atomic mass is 10.3. The predicted octanol–water partition coefficient (Wildman–Crippen LogP) is 1.15. The molecule has 0 aliphatic carbocycles. The van der Waals surface area contributed by atoms with Crippen LogP contribution in [0.5, 0.6) is 0 Å². The molecule has 0 radical (unpaired) electrons. The molecule has 0 aromatic carbocycles. The van der Waals surface area contributed by atoms with E-state index < -0.39 is 0 Å². The second-order valence-corrected chi connectivity index (χ2v) is 5.84. The van der Waals surface area contributed by atoms with E-state index in [0.717, 1.165) is 43.7 Å². The predicted molar refractivity (Wildman–Crippen MR) is 81.7 cm³/mol. The Kier molecular flexibility index (Phi) is 4.10. The Bertz CT molecular complexity index is 535. The molecule has 0 bridgehead atoms. The average molecular weight is 290 g/mol. The first kappa shape index (κ1) is 13.3. The summed E-state index contributed by atoms with van der Waals surface area (Å²) in [6.45, 7) is 5.05. The number of hydrazine groups is 1. The van der Waals surface area contributed by atoms with Crippen LogP contribution in [0.2, 0.25) is 0 Å². The number of hydrogen-bond acceptors (Lipinski definition) is 7. The minimum absolute atomic E-state index is 0.770. The third-order valence-electron chi connectivity index (χ3n) is 3.40. The van der Waals surface area contributed by atoms with Crippen LogP contribution >= 0.6 is 11.3 Å². The third kappa shape index (κ3) is 3.06. The number of nitrogens with two attached hydrogens (primary N) is 1. The monoisotopic (exact) mass is 290 g/mol. The Morgan fingerprint density at radius 3 is 2.70 bits per heavy atom. The van der Waals surface area contributed by atoms with Gasteiger partial charge in [0.2, 0.25) is 0 Å². The second kappa shape index (κ2) is 6.17. The number of nitrogens with zero attached hydrogens (tertiary/aromatic N) is 4. The second-order valence-electron chi connectivity index (χ2n) is 4.73. The zero-order valence-electron chi connectivity index (χ0n) is 11.2. The molecule has 0 atom stereocenters. The van der Waals surface area contributed by atoms with Gasteiger partial charge >= 0.3 is 0 Å². The topological polar surface area (TPSA) is 70.3 Å². The van der Waals surface area contributed by atoms with Gasteiger partial charge in [-0.2, -0.15) is 0 Å². The maximum Gasteiger partial charge on any atom is 0.197 e. The number of rotatable bonds is 4. The van der Waals surface area contributed by atoms with E-state index in [1.165, 1.54) is 4.88 Å². The van der Waals surface area contributed by atoms with Gasteiger partial charge in [0.1, 0.15) is 5.82 Å². The molecule has 0 amide bonds. The van der Waals surface area contributed by atoms with E-state index in [0.29, 0.717) is 0 Å². The highest BCUT2D eigenvalue weighted by Crippen LogP contribution is 2.20. The summed E-state index contributed by atoms with van der Waals surface area (Å²) in [6, 6.07) is 6.05. The molecule has 2 aromatic heterocycles. The quantitative estimate of drug-likeness (QED) is 0.650. The number of hydrogen-bond donors (Lipinski definition) is 2. The van der Waals surface area contributed by atoms with Crippen LogP contribution in [0.3, 0.4) is 0 Å². The summed E-state index contributed by atoms with van der Waals surface area (Å²) in [4.78, 5) is 14.6. The van der Waals surface area contributed by atoms with Crippen molar-refractivity contribution in [3.63, 3.8) is 0 Å². The van der Waals surface area contributed by atoms with E-state index in [4.69, 9.17) is 5.84 Å². The molecular formula is C13H18N6S. The fraction of sp³-hybridized carbons (Fsp3) is 0.385. The van der Waals surface area contributed by atoms with Crippen molar-refractivity contribution >= 4 is 22.3 Å². The van der Waals surface area contributed by atoms with E-state index in [9.17, 15) is 0 Å². The van der Waals surface area contributed by atoms with Crippen molar-refractivity contribution in [3.8, 4) is 0 Å². The zero-order chi connectivity index (χ0) is 13.8. The molecule has 3 heterocycles. The van der Waals surface area contributed by atoms with Gasteiger partial charge in [0.25, 0.3) is 0 Å². The molecule has 2 aromatic rings. The van der Waals surface area contributed by atoms with E-state index >= 15 is 0 Å². The molecule has 0 spiro atoms. The third-order valence-corrected chi connectivity index (χ3v) is 4.32. The standard InChI is InChI=1S/C13H18N6S/c14-17-13-16-9-11(20-13)10-18-5-7-19(8-6-18)12-3-1-2-4-15-12/h1-4,9H,5-8,10,14H2,(H,16,17). The molecular weight excluding hydrogens is 272 g/mol. The lowest BCUT2D eigenvalue weighted by molar-refractivity contribution is 0.251. The molecule has 0 unspecified atom stereocenters. The molecule has 0 saturated carbocycles. The average Bonchev–Trinajstić information content (AvgIpc) is 2.97. The number of pyridine rings is 1. The van der Waals surface area contributed by atoms with E-state index in [-0.39, 0.29) is 0 Å². The summed E-state index contributed by atoms with van der Waals surface area (Å²) in [7, 11) is 0. The number of nitrogens with one attached hydrogen (secondary N) is 1. The molecule has 1 saturated heterocycles. The fourth-order valence-electron chi connectivity index (χ4n) is 2.34. The van der Waals surface area contributed by atoms with Crippen LogP contribution in [-0.4, -0.2) is 41.0 Å². The van der Waals surface area contributed by atoms with Crippen molar-refractivity contribution in [2.24, 2.45) is 5.84 Å². The van der Waals surface area contributed by atoms with Crippen molar-refractivity contribution in [2.75, 3.05) is 36.5 Å².